The second-order valence-corrected chi connectivity index (χ2v) is 13.9. The van der Waals surface area contributed by atoms with E-state index in [0.717, 1.165) is 17.7 Å². The second-order valence-electron chi connectivity index (χ2n) is 13.9. The molecule has 4 aromatic heterocycles. The molecule has 0 spiro atoms. The number of hydrogen-bond donors (Lipinski definition) is 5. The Labute approximate surface area is 324 Å². The first kappa shape index (κ1) is 36.6. The van der Waals surface area contributed by atoms with Gasteiger partial charge in [0.2, 0.25) is 0 Å². The van der Waals surface area contributed by atoms with Gasteiger partial charge in [-0.3, -0.25) is 4.79 Å². The summed E-state index contributed by atoms with van der Waals surface area (Å²) in [6, 6.07) is 28.2. The number of halogens is 1. The van der Waals surface area contributed by atoms with E-state index in [0.29, 0.717) is 50.6 Å². The Hall–Kier alpha value is -7.33. The van der Waals surface area contributed by atoms with E-state index in [1.165, 1.54) is 34.3 Å². The first-order valence-electron chi connectivity index (χ1n) is 18.1. The molecule has 4 heterocycles. The zero-order valence-electron chi connectivity index (χ0n) is 30.8. The Bertz CT molecular complexity index is 2770. The van der Waals surface area contributed by atoms with Crippen LogP contribution in [0.15, 0.2) is 106 Å². The number of fused-ring (bicyclic) bond motifs is 2. The monoisotopic (exact) mass is 768 g/mol. The number of rotatable bonds is 10. The van der Waals surface area contributed by atoms with Crippen molar-refractivity contribution >= 4 is 51.1 Å². The Kier molecular flexibility index (Phi) is 9.69. The van der Waals surface area contributed by atoms with Gasteiger partial charge in [-0.05, 0) is 111 Å². The predicted octanol–water partition coefficient (Wildman–Crippen LogP) is 6.99. The number of carboxylic acids is 1. The zero-order chi connectivity index (χ0) is 39.8. The summed E-state index contributed by atoms with van der Waals surface area (Å²) in [4.78, 5) is 24.6. The Balaban J connectivity index is 0.000000200. The number of aryl methyl sites for hydroxylation is 2. The molecule has 4 aromatic carbocycles. The third-order valence-electron chi connectivity index (χ3n) is 9.58. The van der Waals surface area contributed by atoms with Crippen LogP contribution in [0.5, 0.6) is 0 Å². The summed E-state index contributed by atoms with van der Waals surface area (Å²) >= 11 is 0. The Morgan fingerprint density at radius 2 is 1.37 bits per heavy atom. The fourth-order valence-corrected chi connectivity index (χ4v) is 6.55. The normalized spacial score (nSPS) is 13.0. The first-order chi connectivity index (χ1) is 27.5. The van der Waals surface area contributed by atoms with Crippen LogP contribution in [0.3, 0.4) is 0 Å². The van der Waals surface area contributed by atoms with E-state index in [2.05, 4.69) is 31.1 Å². The van der Waals surface area contributed by atoms with Gasteiger partial charge in [-0.25, -0.2) is 18.5 Å². The second kappa shape index (κ2) is 15.1. The van der Waals surface area contributed by atoms with Gasteiger partial charge in [-0.2, -0.15) is 10.2 Å². The summed E-state index contributed by atoms with van der Waals surface area (Å²) in [6.45, 7) is 4.41. The number of aromatic carboxylic acids is 1. The lowest BCUT2D eigenvalue weighted by Crippen LogP contribution is -2.25. The third-order valence-corrected chi connectivity index (χ3v) is 9.58. The van der Waals surface area contributed by atoms with Crippen LogP contribution >= 0.6 is 0 Å². The number of nitrogens with one attached hydrogen (secondary N) is 2. The van der Waals surface area contributed by atoms with Crippen molar-refractivity contribution < 1.29 is 28.1 Å². The number of anilines is 3. The summed E-state index contributed by atoms with van der Waals surface area (Å²) in [5.74, 6) is -0.855. The molecule has 1 aliphatic rings. The van der Waals surface area contributed by atoms with Crippen molar-refractivity contribution in [2.24, 2.45) is 5.92 Å². The molecule has 7 N–H and O–H groups in total. The third kappa shape index (κ3) is 7.66. The van der Waals surface area contributed by atoms with E-state index < -0.39 is 17.7 Å². The van der Waals surface area contributed by atoms with E-state index in [1.54, 1.807) is 68.4 Å². The molecular formula is C41H37FN10O5. The SMILES string of the molecule is Cc1cc(C(=O)Nc2cc(C(NCC3CC3)c3ccccc3)ccc2F)n(-c2ccc3onc(N)c3c2)n1.Cc1cc(C(=O)O)n(-c2ccc3onc(N)c3c2)n1. The molecule has 0 radical (unpaired) electrons. The number of carbonyl (C=O) groups excluding carboxylic acids is 1. The smallest absolute Gasteiger partial charge is 0.354 e. The highest BCUT2D eigenvalue weighted by molar-refractivity contribution is 6.04. The van der Waals surface area contributed by atoms with Gasteiger partial charge in [-0.15, -0.1) is 0 Å². The molecule has 1 amide bonds. The topological polar surface area (TPSA) is 218 Å². The lowest BCUT2D eigenvalue weighted by atomic mass is 9.97. The number of benzene rings is 4. The lowest BCUT2D eigenvalue weighted by molar-refractivity contribution is 0.0686. The van der Waals surface area contributed by atoms with E-state index in [1.807, 2.05) is 30.3 Å². The molecule has 9 rings (SSSR count). The summed E-state index contributed by atoms with van der Waals surface area (Å²) in [6.07, 6.45) is 2.45. The maximum atomic E-state index is 15.0. The van der Waals surface area contributed by atoms with Crippen molar-refractivity contribution in [3.05, 3.63) is 137 Å². The van der Waals surface area contributed by atoms with Crippen molar-refractivity contribution in [1.82, 2.24) is 35.2 Å². The number of amides is 1. The number of nitrogens with zero attached hydrogens (tertiary/aromatic N) is 6. The van der Waals surface area contributed by atoms with Gasteiger partial charge in [0.1, 0.15) is 11.5 Å². The molecule has 8 aromatic rings. The number of nitrogen functional groups attached to an aromatic ring is 2. The molecule has 0 aliphatic heterocycles. The summed E-state index contributed by atoms with van der Waals surface area (Å²) in [7, 11) is 0. The number of carbonyl (C=O) groups is 2. The van der Waals surface area contributed by atoms with Crippen LogP contribution in [0, 0.1) is 25.6 Å². The zero-order valence-corrected chi connectivity index (χ0v) is 30.8. The minimum Gasteiger partial charge on any atom is -0.477 e. The average Bonchev–Trinajstić information content (AvgIpc) is 3.44. The van der Waals surface area contributed by atoms with Gasteiger partial charge in [0, 0.05) is 0 Å². The van der Waals surface area contributed by atoms with Gasteiger partial charge in [-0.1, -0.05) is 46.7 Å². The highest BCUT2D eigenvalue weighted by atomic mass is 19.1. The molecule has 1 unspecified atom stereocenters. The molecule has 0 bridgehead atoms. The highest BCUT2D eigenvalue weighted by Crippen LogP contribution is 2.32. The molecule has 0 saturated heterocycles. The minimum atomic E-state index is -1.04. The fraction of sp³-hybridized carbons (Fsp3) is 0.171. The van der Waals surface area contributed by atoms with E-state index in [-0.39, 0.29) is 34.8 Å². The number of hydrogen-bond acceptors (Lipinski definition) is 11. The van der Waals surface area contributed by atoms with Crippen LogP contribution in [-0.4, -0.2) is 53.4 Å². The van der Waals surface area contributed by atoms with Crippen LogP contribution in [0.25, 0.3) is 33.3 Å². The van der Waals surface area contributed by atoms with Gasteiger partial charge in [0.25, 0.3) is 5.91 Å². The lowest BCUT2D eigenvalue weighted by Gasteiger charge is -2.21. The van der Waals surface area contributed by atoms with Crippen LogP contribution in [0.2, 0.25) is 0 Å². The van der Waals surface area contributed by atoms with Crippen molar-refractivity contribution in [2.45, 2.75) is 32.7 Å². The largest absolute Gasteiger partial charge is 0.477 e. The van der Waals surface area contributed by atoms with Gasteiger partial charge >= 0.3 is 5.97 Å². The molecule has 16 heteroatoms. The summed E-state index contributed by atoms with van der Waals surface area (Å²) in [5.41, 5.74) is 17.5. The average molecular weight is 769 g/mol. The van der Waals surface area contributed by atoms with Crippen molar-refractivity contribution in [3.63, 3.8) is 0 Å². The predicted molar refractivity (Wildman–Crippen MR) is 211 cm³/mol. The van der Waals surface area contributed by atoms with Crippen LogP contribution < -0.4 is 22.1 Å². The molecule has 1 aliphatic carbocycles. The molecule has 288 valence electrons. The minimum absolute atomic E-state index is 0.0897. The Morgan fingerprint density at radius 1 is 0.789 bits per heavy atom. The standard InChI is InChI=1S/C29H27FN6O2.C12H10N4O3/c1-17-13-25(36(34-17)21-10-12-26-22(15-21)28(31)35-38-26)29(37)33-24-14-20(9-11-23(24)30)27(32-16-18-7-8-18)19-5-3-2-4-6-19;1-6-4-9(12(17)18)16(14-6)7-2-3-10-8(5-7)11(13)15-19-10/h2-6,9-15,18,27,32H,7-8,16H2,1H3,(H2,31,35)(H,33,37);2-5H,1H3,(H2,13,15)(H,17,18). The molecule has 1 saturated carbocycles. The molecule has 1 fully saturated rings. The highest BCUT2D eigenvalue weighted by Gasteiger charge is 2.25. The molecule has 57 heavy (non-hydrogen) atoms. The molecular weight excluding hydrogens is 732 g/mol. The van der Waals surface area contributed by atoms with Gasteiger partial charge in [0.05, 0.1) is 45.3 Å². The van der Waals surface area contributed by atoms with E-state index in [9.17, 15) is 14.0 Å². The van der Waals surface area contributed by atoms with Crippen LogP contribution in [0.4, 0.5) is 21.7 Å². The molecule has 1 atom stereocenters. The Morgan fingerprint density at radius 3 is 1.95 bits per heavy atom. The van der Waals surface area contributed by atoms with Crippen LogP contribution in [-0.2, 0) is 0 Å². The van der Waals surface area contributed by atoms with Gasteiger partial charge in [0.15, 0.2) is 28.5 Å². The van der Waals surface area contributed by atoms with Crippen molar-refractivity contribution in [1.29, 1.82) is 0 Å². The summed E-state index contributed by atoms with van der Waals surface area (Å²) < 4.78 is 28.0. The number of nitrogens with two attached hydrogens (primary N) is 2. The quantitative estimate of drug-likeness (QED) is 0.0951. The van der Waals surface area contributed by atoms with Gasteiger partial charge < -0.3 is 36.3 Å². The number of aromatic nitrogens is 6. The number of carboxylic acid groups (broad SMARTS) is 1. The maximum Gasteiger partial charge on any atom is 0.354 e. The van der Waals surface area contributed by atoms with Crippen molar-refractivity contribution in [3.8, 4) is 11.4 Å². The van der Waals surface area contributed by atoms with Crippen LogP contribution in [0.1, 0.15) is 62.4 Å². The summed E-state index contributed by atoms with van der Waals surface area (Å²) in [5, 5.41) is 32.9. The first-order valence-corrected chi connectivity index (χ1v) is 18.1. The fourth-order valence-electron chi connectivity index (χ4n) is 6.55. The van der Waals surface area contributed by atoms with E-state index >= 15 is 0 Å². The maximum absolute atomic E-state index is 15.0. The van der Waals surface area contributed by atoms with E-state index in [4.69, 9.17) is 25.6 Å². The van der Waals surface area contributed by atoms with Crippen molar-refractivity contribution in [2.75, 3.05) is 23.3 Å². The molecule has 15 nitrogen and oxygen atoms in total.